The number of hydrogen-bond donors (Lipinski definition) is 3. The molecule has 0 fully saturated rings. The summed E-state index contributed by atoms with van der Waals surface area (Å²) in [5, 5.41) is 8.27. The molecule has 3 N–H and O–H groups in total. The van der Waals surface area contributed by atoms with E-state index < -0.39 is 16.4 Å². The van der Waals surface area contributed by atoms with E-state index in [1.54, 1.807) is 6.92 Å². The van der Waals surface area contributed by atoms with Gasteiger partial charge in [0.25, 0.3) is 0 Å². The topological polar surface area (TPSA) is 121 Å². The summed E-state index contributed by atoms with van der Waals surface area (Å²) in [6, 6.07) is 0. The molecule has 0 aromatic carbocycles. The van der Waals surface area contributed by atoms with Crippen molar-refractivity contribution in [3.05, 3.63) is 11.8 Å². The summed E-state index contributed by atoms with van der Waals surface area (Å²) in [4.78, 5) is 10.5. The molecule has 0 radical (unpaired) electrons. The summed E-state index contributed by atoms with van der Waals surface area (Å²) in [6.45, 7) is 3.53. The van der Waals surface area contributed by atoms with Gasteiger partial charge in [-0.05, 0) is 13.8 Å². The molecule has 0 aliphatic heterocycles. The molecule has 0 aromatic heterocycles. The molecule has 0 aromatic rings. The Labute approximate surface area is 131 Å². The van der Waals surface area contributed by atoms with Gasteiger partial charge in [0.05, 0.1) is 18.4 Å². The molecule has 7 nitrogen and oxygen atoms in total. The fourth-order valence-electron chi connectivity index (χ4n) is 0.298. The van der Waals surface area contributed by atoms with Crippen molar-refractivity contribution >= 4 is 67.8 Å². The van der Waals surface area contributed by atoms with E-state index in [4.69, 9.17) is 22.6 Å². The van der Waals surface area contributed by atoms with Crippen LogP contribution in [0.4, 0.5) is 0 Å². The molecule has 0 spiro atoms. The number of hydrogen-bond acceptors (Lipinski definition) is 5. The SMILES string of the molecule is CCOC(=O)C(C)=CO.O=S(=O)(O)O.[KH]. The monoisotopic (exact) mass is 268 g/mol. The van der Waals surface area contributed by atoms with E-state index in [-0.39, 0.29) is 57.0 Å². The van der Waals surface area contributed by atoms with Crippen LogP contribution in [0.1, 0.15) is 13.8 Å². The molecule has 0 rings (SSSR count). The molecule has 0 atom stereocenters. The average molecular weight is 268 g/mol. The molecule has 9 heteroatoms. The second kappa shape index (κ2) is 11.0. The van der Waals surface area contributed by atoms with Crippen LogP contribution in [0.3, 0.4) is 0 Å². The van der Waals surface area contributed by atoms with Crippen LogP contribution in [-0.2, 0) is 19.9 Å². The number of rotatable bonds is 2. The fourth-order valence-corrected chi connectivity index (χ4v) is 0.298. The quantitative estimate of drug-likeness (QED) is 0.207. The van der Waals surface area contributed by atoms with Gasteiger partial charge in [-0.25, -0.2) is 4.79 Å². The zero-order valence-electron chi connectivity index (χ0n) is 7.67. The zero-order valence-corrected chi connectivity index (χ0v) is 8.48. The molecular weight excluding hydrogens is 255 g/mol. The van der Waals surface area contributed by atoms with Gasteiger partial charge in [-0.3, -0.25) is 9.11 Å². The van der Waals surface area contributed by atoms with Crippen molar-refractivity contribution in [2.45, 2.75) is 13.8 Å². The van der Waals surface area contributed by atoms with Gasteiger partial charge in [0.2, 0.25) is 0 Å². The molecule has 0 aliphatic rings. The molecule has 0 heterocycles. The van der Waals surface area contributed by atoms with Crippen LogP contribution in [0.15, 0.2) is 11.8 Å². The number of aliphatic hydroxyl groups excluding tert-OH is 1. The minimum absolute atomic E-state index is 0. The number of ether oxygens (including phenoxy) is 1. The Morgan fingerprint density at radius 1 is 1.40 bits per heavy atom. The molecule has 0 unspecified atom stereocenters. The van der Waals surface area contributed by atoms with E-state index in [1.807, 2.05) is 0 Å². The van der Waals surface area contributed by atoms with E-state index in [1.165, 1.54) is 6.92 Å². The Bertz CT molecular complexity index is 287. The second-order valence-corrected chi connectivity index (χ2v) is 2.88. The molecule has 0 saturated carbocycles. The Hall–Kier alpha value is 0.516. The third kappa shape index (κ3) is 25.1. The van der Waals surface area contributed by atoms with E-state index in [2.05, 4.69) is 4.74 Å². The van der Waals surface area contributed by atoms with Gasteiger partial charge in [-0.1, -0.05) is 0 Å². The van der Waals surface area contributed by atoms with Crippen LogP contribution >= 0.6 is 0 Å². The van der Waals surface area contributed by atoms with E-state index in [9.17, 15) is 4.79 Å². The van der Waals surface area contributed by atoms with Crippen LogP contribution in [-0.4, -0.2) is 86.6 Å². The van der Waals surface area contributed by atoms with Crippen molar-refractivity contribution < 1.29 is 32.2 Å². The first-order valence-electron chi connectivity index (χ1n) is 3.40. The van der Waals surface area contributed by atoms with Crippen molar-refractivity contribution in [1.82, 2.24) is 0 Å². The fraction of sp³-hybridized carbons (Fsp3) is 0.500. The first-order valence-corrected chi connectivity index (χ1v) is 4.80. The predicted molar refractivity (Wildman–Crippen MR) is 54.3 cm³/mol. The Morgan fingerprint density at radius 2 is 1.73 bits per heavy atom. The predicted octanol–water partition coefficient (Wildman–Crippen LogP) is -0.290. The number of carbonyl (C=O) groups excluding carboxylic acids is 1. The Balaban J connectivity index is -0.000000208. The maximum absolute atomic E-state index is 10.5. The summed E-state index contributed by atoms with van der Waals surface area (Å²) in [5.41, 5.74) is 0.219. The maximum atomic E-state index is 10.5. The van der Waals surface area contributed by atoms with Crippen molar-refractivity contribution in [2.75, 3.05) is 6.61 Å². The summed E-state index contributed by atoms with van der Waals surface area (Å²) in [6.07, 6.45) is 0.734. The molecule has 0 amide bonds. The number of esters is 1. The minimum atomic E-state index is -4.67. The van der Waals surface area contributed by atoms with E-state index in [0.29, 0.717) is 6.61 Å². The molecule has 15 heavy (non-hydrogen) atoms. The van der Waals surface area contributed by atoms with Crippen LogP contribution < -0.4 is 0 Å². The summed E-state index contributed by atoms with van der Waals surface area (Å²) in [5.74, 6) is -0.472. The molecular formula is C6H13KO7S. The first-order chi connectivity index (χ1) is 6.22. The van der Waals surface area contributed by atoms with Crippen molar-refractivity contribution in [3.63, 3.8) is 0 Å². The zero-order chi connectivity index (χ0) is 11.8. The second-order valence-electron chi connectivity index (χ2n) is 1.98. The van der Waals surface area contributed by atoms with Crippen LogP contribution in [0.25, 0.3) is 0 Å². The molecule has 86 valence electrons. The van der Waals surface area contributed by atoms with Gasteiger partial charge in [0.15, 0.2) is 0 Å². The summed E-state index contributed by atoms with van der Waals surface area (Å²) in [7, 11) is -4.67. The van der Waals surface area contributed by atoms with Gasteiger partial charge in [0, 0.05) is 0 Å². The van der Waals surface area contributed by atoms with Gasteiger partial charge in [0.1, 0.15) is 0 Å². The van der Waals surface area contributed by atoms with E-state index in [0.717, 1.165) is 6.26 Å². The number of carbonyl (C=O) groups is 1. The van der Waals surface area contributed by atoms with E-state index >= 15 is 0 Å². The van der Waals surface area contributed by atoms with Crippen molar-refractivity contribution in [2.24, 2.45) is 0 Å². The Kier molecular flexibility index (Phi) is 15.3. The van der Waals surface area contributed by atoms with Crippen molar-refractivity contribution in [1.29, 1.82) is 0 Å². The first kappa shape index (κ1) is 20.9. The normalized spacial score (nSPS) is 10.5. The van der Waals surface area contributed by atoms with Gasteiger partial charge >= 0.3 is 67.8 Å². The average Bonchev–Trinajstić information content (AvgIpc) is 2.00. The number of aliphatic hydroxyl groups is 1. The standard InChI is InChI=1S/C6H10O3.K.H2O4S.H/c1-3-9-6(8)5(2)4-7;;1-5(2,3)4;/h4,7H,3H2,1-2H3;;(H2,1,2,3,4);. The van der Waals surface area contributed by atoms with Crippen LogP contribution in [0.2, 0.25) is 0 Å². The Morgan fingerprint density at radius 3 is 1.93 bits per heavy atom. The van der Waals surface area contributed by atoms with Crippen LogP contribution in [0, 0.1) is 0 Å². The van der Waals surface area contributed by atoms with Crippen molar-refractivity contribution in [3.8, 4) is 0 Å². The summed E-state index contributed by atoms with van der Waals surface area (Å²) < 4.78 is 36.1. The van der Waals surface area contributed by atoms with Gasteiger partial charge in [-0.2, -0.15) is 8.42 Å². The van der Waals surface area contributed by atoms with Crippen LogP contribution in [0.5, 0.6) is 0 Å². The summed E-state index contributed by atoms with van der Waals surface area (Å²) >= 11 is 0. The van der Waals surface area contributed by atoms with Gasteiger partial charge < -0.3 is 9.84 Å². The molecule has 0 aliphatic carbocycles. The third-order valence-electron chi connectivity index (χ3n) is 0.791. The molecule has 0 saturated heterocycles. The van der Waals surface area contributed by atoms with Gasteiger partial charge in [-0.15, -0.1) is 0 Å². The molecule has 0 bridgehead atoms. The third-order valence-corrected chi connectivity index (χ3v) is 0.791.